The van der Waals surface area contributed by atoms with Crippen LogP contribution in [0.25, 0.3) is 0 Å². The fourth-order valence-electron chi connectivity index (χ4n) is 3.48. The molecule has 3 rings (SSSR count). The number of carbonyl (C=O) groups excluding carboxylic acids is 2. The Morgan fingerprint density at radius 3 is 2.52 bits per heavy atom. The van der Waals surface area contributed by atoms with E-state index in [1.54, 1.807) is 12.0 Å². The van der Waals surface area contributed by atoms with Gasteiger partial charge >= 0.3 is 6.09 Å². The van der Waals surface area contributed by atoms with Crippen LogP contribution in [-0.4, -0.2) is 64.3 Å². The Kier molecular flexibility index (Phi) is 7.81. The van der Waals surface area contributed by atoms with Gasteiger partial charge in [0.05, 0.1) is 18.0 Å². The lowest BCUT2D eigenvalue weighted by Gasteiger charge is -2.28. The number of hydrogen-bond donors (Lipinski definition) is 1. The van der Waals surface area contributed by atoms with Crippen molar-refractivity contribution in [2.24, 2.45) is 0 Å². The minimum Gasteiger partial charge on any atom is -0.497 e. The molecule has 7 nitrogen and oxygen atoms in total. The molecule has 0 spiro atoms. The van der Waals surface area contributed by atoms with Crippen LogP contribution in [0.4, 0.5) is 10.5 Å². The summed E-state index contributed by atoms with van der Waals surface area (Å²) in [7, 11) is 7.11. The van der Waals surface area contributed by atoms with Gasteiger partial charge in [0.2, 0.25) is 0 Å². The van der Waals surface area contributed by atoms with E-state index in [0.29, 0.717) is 6.54 Å². The van der Waals surface area contributed by atoms with Crippen LogP contribution in [0.3, 0.4) is 0 Å². The number of amides is 2. The molecule has 0 fully saturated rings. The molecule has 0 saturated carbocycles. The molecule has 0 saturated heterocycles. The number of rotatable bonds is 7. The highest BCUT2D eigenvalue weighted by Crippen LogP contribution is 2.46. The molecule has 0 aliphatic carbocycles. The van der Waals surface area contributed by atoms with Crippen molar-refractivity contribution in [2.75, 3.05) is 46.2 Å². The van der Waals surface area contributed by atoms with Gasteiger partial charge in [0.25, 0.3) is 5.91 Å². The van der Waals surface area contributed by atoms with Gasteiger partial charge in [-0.05, 0) is 56.9 Å². The lowest BCUT2D eigenvalue weighted by atomic mass is 10.1. The van der Waals surface area contributed by atoms with Crippen LogP contribution in [0.1, 0.15) is 17.2 Å². The van der Waals surface area contributed by atoms with Gasteiger partial charge in [-0.2, -0.15) is 0 Å². The van der Waals surface area contributed by atoms with Crippen molar-refractivity contribution in [3.63, 3.8) is 0 Å². The Balaban J connectivity index is 2.02. The highest BCUT2D eigenvalue weighted by atomic mass is 32.2. The van der Waals surface area contributed by atoms with E-state index in [1.807, 2.05) is 62.6 Å². The number of fused-ring (bicyclic) bond motifs is 1. The van der Waals surface area contributed by atoms with Gasteiger partial charge in [-0.15, -0.1) is 11.8 Å². The Hall–Kier alpha value is -2.71. The van der Waals surface area contributed by atoms with E-state index in [9.17, 15) is 9.59 Å². The van der Waals surface area contributed by atoms with E-state index in [2.05, 4.69) is 10.2 Å². The van der Waals surface area contributed by atoms with Crippen LogP contribution in [0.5, 0.6) is 5.75 Å². The molecule has 31 heavy (non-hydrogen) atoms. The van der Waals surface area contributed by atoms with Crippen molar-refractivity contribution in [2.45, 2.75) is 22.7 Å². The number of alkyl carbamates (subject to hydrolysis) is 1. The number of anilines is 1. The third-order valence-electron chi connectivity index (χ3n) is 5.06. The fourth-order valence-corrected chi connectivity index (χ4v) is 4.80. The number of nitrogens with one attached hydrogen (secondary N) is 1. The lowest BCUT2D eigenvalue weighted by molar-refractivity contribution is -0.126. The van der Waals surface area contributed by atoms with Crippen molar-refractivity contribution in [1.82, 2.24) is 10.2 Å². The Morgan fingerprint density at radius 1 is 1.16 bits per heavy atom. The van der Waals surface area contributed by atoms with Crippen LogP contribution in [-0.2, 0) is 9.53 Å². The number of carbonyl (C=O) groups is 2. The van der Waals surface area contributed by atoms with E-state index < -0.39 is 17.4 Å². The molecular weight excluding hydrogens is 414 g/mol. The summed E-state index contributed by atoms with van der Waals surface area (Å²) in [4.78, 5) is 30.7. The average molecular weight is 444 g/mol. The standard InChI is InChI=1S/C23H29N3O4S/c1-24-23(28)30-20-21(16-10-12-17(29-4)13-11-16)31-19-9-6-5-8-18(19)26(22(20)27)15-7-14-25(2)3/h5-6,8-13,20-21H,7,14-15H2,1-4H3,(H,24,28)/t20-,21+/m0/s1. The molecule has 1 aliphatic heterocycles. The molecule has 2 aromatic rings. The topological polar surface area (TPSA) is 71.1 Å². The smallest absolute Gasteiger partial charge is 0.407 e. The molecule has 0 unspecified atom stereocenters. The summed E-state index contributed by atoms with van der Waals surface area (Å²) in [5.41, 5.74) is 1.73. The number of thioether (sulfide) groups is 1. The van der Waals surface area contributed by atoms with Gasteiger partial charge in [-0.1, -0.05) is 24.3 Å². The first-order valence-corrected chi connectivity index (χ1v) is 11.1. The third-order valence-corrected chi connectivity index (χ3v) is 6.44. The highest BCUT2D eigenvalue weighted by molar-refractivity contribution is 7.99. The quantitative estimate of drug-likeness (QED) is 0.706. The van der Waals surface area contributed by atoms with Gasteiger partial charge in [-0.3, -0.25) is 4.79 Å². The summed E-state index contributed by atoms with van der Waals surface area (Å²) >= 11 is 1.53. The lowest BCUT2D eigenvalue weighted by Crippen LogP contribution is -2.45. The zero-order valence-corrected chi connectivity index (χ0v) is 19.1. The van der Waals surface area contributed by atoms with Crippen LogP contribution in [0.2, 0.25) is 0 Å². The maximum Gasteiger partial charge on any atom is 0.407 e. The number of hydrogen-bond acceptors (Lipinski definition) is 6. The van der Waals surface area contributed by atoms with E-state index in [1.165, 1.54) is 18.8 Å². The Labute approximate surface area is 187 Å². The average Bonchev–Trinajstić information content (AvgIpc) is 2.89. The van der Waals surface area contributed by atoms with Gasteiger partial charge < -0.3 is 24.6 Å². The van der Waals surface area contributed by atoms with Crippen molar-refractivity contribution >= 4 is 29.4 Å². The van der Waals surface area contributed by atoms with Crippen LogP contribution >= 0.6 is 11.8 Å². The summed E-state index contributed by atoms with van der Waals surface area (Å²) in [6, 6.07) is 15.4. The van der Waals surface area contributed by atoms with Crippen LogP contribution in [0, 0.1) is 0 Å². The molecule has 8 heteroatoms. The molecule has 0 bridgehead atoms. The summed E-state index contributed by atoms with van der Waals surface area (Å²) in [5, 5.41) is 2.08. The number of nitrogens with zero attached hydrogens (tertiary/aromatic N) is 2. The number of para-hydroxylation sites is 1. The van der Waals surface area contributed by atoms with E-state index in [-0.39, 0.29) is 5.91 Å². The molecular formula is C23H29N3O4S. The van der Waals surface area contributed by atoms with Crippen molar-refractivity contribution in [3.05, 3.63) is 54.1 Å². The second kappa shape index (κ2) is 10.5. The Bertz CT molecular complexity index is 904. The zero-order chi connectivity index (χ0) is 22.4. The molecule has 166 valence electrons. The second-order valence-electron chi connectivity index (χ2n) is 7.50. The fraction of sp³-hybridized carbons (Fsp3) is 0.391. The highest BCUT2D eigenvalue weighted by Gasteiger charge is 2.41. The molecule has 0 aromatic heterocycles. The number of ether oxygens (including phenoxy) is 2. The third kappa shape index (κ3) is 5.51. The summed E-state index contributed by atoms with van der Waals surface area (Å²) in [6.07, 6.45) is -0.792. The minimum absolute atomic E-state index is 0.222. The molecule has 2 amide bonds. The number of benzene rings is 2. The molecule has 2 atom stereocenters. The number of methoxy groups -OCH3 is 1. The molecule has 2 aromatic carbocycles. The largest absolute Gasteiger partial charge is 0.497 e. The maximum atomic E-state index is 13.7. The van der Waals surface area contributed by atoms with E-state index >= 15 is 0 Å². The van der Waals surface area contributed by atoms with Gasteiger partial charge in [0.1, 0.15) is 5.75 Å². The SMILES string of the molecule is CNC(=O)O[C@@H]1C(=O)N(CCCN(C)C)c2ccccc2S[C@@H]1c1ccc(OC)cc1. The normalized spacial score (nSPS) is 18.4. The minimum atomic E-state index is -0.967. The molecule has 1 heterocycles. The van der Waals surface area contributed by atoms with Crippen LogP contribution in [0.15, 0.2) is 53.4 Å². The zero-order valence-electron chi connectivity index (χ0n) is 18.3. The first-order valence-electron chi connectivity index (χ1n) is 10.2. The Morgan fingerprint density at radius 2 is 1.87 bits per heavy atom. The second-order valence-corrected chi connectivity index (χ2v) is 8.69. The van der Waals surface area contributed by atoms with E-state index in [4.69, 9.17) is 9.47 Å². The van der Waals surface area contributed by atoms with E-state index in [0.717, 1.165) is 34.9 Å². The first-order chi connectivity index (χ1) is 14.9. The summed E-state index contributed by atoms with van der Waals surface area (Å²) in [5.74, 6) is 0.504. The molecule has 1 aliphatic rings. The molecule has 0 radical (unpaired) electrons. The predicted octanol–water partition coefficient (Wildman–Crippen LogP) is 3.55. The summed E-state index contributed by atoms with van der Waals surface area (Å²) in [6.45, 7) is 1.39. The van der Waals surface area contributed by atoms with Crippen molar-refractivity contribution in [1.29, 1.82) is 0 Å². The van der Waals surface area contributed by atoms with Crippen molar-refractivity contribution in [3.8, 4) is 5.75 Å². The van der Waals surface area contributed by atoms with Gasteiger partial charge in [-0.25, -0.2) is 4.79 Å². The van der Waals surface area contributed by atoms with Gasteiger partial charge in [0.15, 0.2) is 6.10 Å². The molecule has 1 N–H and O–H groups in total. The maximum absolute atomic E-state index is 13.7. The monoisotopic (exact) mass is 443 g/mol. The first kappa shape index (κ1) is 23.0. The summed E-state index contributed by atoms with van der Waals surface area (Å²) < 4.78 is 10.9. The van der Waals surface area contributed by atoms with Gasteiger partial charge in [0, 0.05) is 18.5 Å². The van der Waals surface area contributed by atoms with Crippen LogP contribution < -0.4 is 15.0 Å². The van der Waals surface area contributed by atoms with Crippen molar-refractivity contribution < 1.29 is 19.1 Å². The predicted molar refractivity (Wildman–Crippen MR) is 123 cm³/mol.